The molecule has 1 N–H and O–H groups in total. The summed E-state index contributed by atoms with van der Waals surface area (Å²) in [5, 5.41) is 28.1. The molecule has 3 aromatic rings. The van der Waals surface area contributed by atoms with E-state index in [9.17, 15) is 14.9 Å². The zero-order valence-corrected chi connectivity index (χ0v) is 13.2. The highest BCUT2D eigenvalue weighted by atomic mass is 16.6. The van der Waals surface area contributed by atoms with Gasteiger partial charge in [0.25, 0.3) is 5.69 Å². The van der Waals surface area contributed by atoms with Gasteiger partial charge in [0.2, 0.25) is 0 Å². The van der Waals surface area contributed by atoms with Crippen molar-refractivity contribution >= 4 is 28.8 Å². The van der Waals surface area contributed by atoms with E-state index in [2.05, 4.69) is 15.2 Å². The van der Waals surface area contributed by atoms with Crippen molar-refractivity contribution in [1.29, 1.82) is 0 Å². The summed E-state index contributed by atoms with van der Waals surface area (Å²) in [6, 6.07) is 9.55. The number of carbonyl (C=O) groups is 1. The molecule has 1 aromatic carbocycles. The number of pyridine rings is 1. The quantitative estimate of drug-likeness (QED) is 0.432. The van der Waals surface area contributed by atoms with Crippen LogP contribution in [0, 0.1) is 17.0 Å². The van der Waals surface area contributed by atoms with E-state index in [0.29, 0.717) is 16.9 Å². The summed E-state index contributed by atoms with van der Waals surface area (Å²) in [5.41, 5.74) is 1.77. The van der Waals surface area contributed by atoms with E-state index in [1.807, 2.05) is 0 Å². The van der Waals surface area contributed by atoms with Gasteiger partial charge in [0, 0.05) is 18.3 Å². The van der Waals surface area contributed by atoms with Crippen LogP contribution in [-0.2, 0) is 11.2 Å². The van der Waals surface area contributed by atoms with Crippen LogP contribution in [0.4, 0.5) is 17.2 Å². The molecule has 0 atom stereocenters. The molecule has 9 heteroatoms. The number of aliphatic carboxylic acids is 1. The van der Waals surface area contributed by atoms with Gasteiger partial charge in [-0.15, -0.1) is 10.2 Å². The molecule has 9 nitrogen and oxygen atoms in total. The summed E-state index contributed by atoms with van der Waals surface area (Å²) < 4.78 is 1.62. The molecule has 0 bridgehead atoms. The highest BCUT2D eigenvalue weighted by Crippen LogP contribution is 2.28. The van der Waals surface area contributed by atoms with Gasteiger partial charge in [0.1, 0.15) is 5.65 Å². The van der Waals surface area contributed by atoms with E-state index in [-0.39, 0.29) is 23.6 Å². The van der Waals surface area contributed by atoms with Gasteiger partial charge in [0.15, 0.2) is 5.82 Å². The zero-order chi connectivity index (χ0) is 18.0. The van der Waals surface area contributed by atoms with Crippen molar-refractivity contribution < 1.29 is 14.8 Å². The Hall–Kier alpha value is -3.62. The molecule has 0 saturated carbocycles. The number of non-ortho nitro benzene ring substituents is 1. The third kappa shape index (κ3) is 3.34. The van der Waals surface area contributed by atoms with Crippen molar-refractivity contribution in [3.8, 4) is 0 Å². The van der Waals surface area contributed by atoms with Crippen molar-refractivity contribution in [3.63, 3.8) is 0 Å². The smallest absolute Gasteiger partial charge is 0.309 e. The number of carboxylic acid groups (broad SMARTS) is 1. The van der Waals surface area contributed by atoms with Crippen molar-refractivity contribution in [2.24, 2.45) is 10.2 Å². The second-order valence-corrected chi connectivity index (χ2v) is 5.31. The molecule has 0 radical (unpaired) electrons. The summed E-state index contributed by atoms with van der Waals surface area (Å²) >= 11 is 0. The molecular weight excluding hydrogens is 326 g/mol. The fourth-order valence-electron chi connectivity index (χ4n) is 2.32. The Bertz CT molecular complexity index is 1010. The molecule has 25 heavy (non-hydrogen) atoms. The SMILES string of the molecule is Cc1ccc([N+](=O)[O-])cc1N=Nc1c(CC(=O)O)nc2ccccn12. The molecule has 126 valence electrons. The molecule has 0 fully saturated rings. The summed E-state index contributed by atoms with van der Waals surface area (Å²) in [4.78, 5) is 25.7. The van der Waals surface area contributed by atoms with Crippen LogP contribution in [0.2, 0.25) is 0 Å². The van der Waals surface area contributed by atoms with Gasteiger partial charge in [-0.3, -0.25) is 19.3 Å². The third-order valence-corrected chi connectivity index (χ3v) is 3.55. The normalized spacial score (nSPS) is 11.2. The highest BCUT2D eigenvalue weighted by molar-refractivity contribution is 5.72. The first kappa shape index (κ1) is 16.2. The van der Waals surface area contributed by atoms with E-state index in [1.54, 1.807) is 41.8 Å². The Morgan fingerprint density at radius 2 is 2.12 bits per heavy atom. The molecule has 0 spiro atoms. The summed E-state index contributed by atoms with van der Waals surface area (Å²) in [5.74, 6) is -0.754. The third-order valence-electron chi connectivity index (χ3n) is 3.55. The standard InChI is InChI=1S/C16H13N5O4/c1-10-5-6-11(21(24)25)8-12(10)18-19-16-13(9-15(22)23)17-14-4-2-3-7-20(14)16/h2-8H,9H2,1H3,(H,22,23). The molecule has 0 amide bonds. The lowest BCUT2D eigenvalue weighted by Crippen LogP contribution is -2.00. The van der Waals surface area contributed by atoms with Gasteiger partial charge in [-0.25, -0.2) is 4.98 Å². The number of aromatic nitrogens is 2. The number of nitro benzene ring substituents is 1. The lowest BCUT2D eigenvalue weighted by molar-refractivity contribution is -0.384. The van der Waals surface area contributed by atoms with E-state index >= 15 is 0 Å². The number of nitro groups is 1. The van der Waals surface area contributed by atoms with Crippen LogP contribution in [0.1, 0.15) is 11.3 Å². The Balaban J connectivity index is 2.08. The maximum Gasteiger partial charge on any atom is 0.309 e. The first-order valence-corrected chi connectivity index (χ1v) is 7.30. The topological polar surface area (TPSA) is 122 Å². The first-order valence-electron chi connectivity index (χ1n) is 7.30. The van der Waals surface area contributed by atoms with Crippen molar-refractivity contribution in [2.75, 3.05) is 0 Å². The Morgan fingerprint density at radius 1 is 1.32 bits per heavy atom. The number of aryl methyl sites for hydroxylation is 1. The molecule has 2 heterocycles. The number of carboxylic acids is 1. The molecule has 2 aromatic heterocycles. The number of imidazole rings is 1. The molecule has 3 rings (SSSR count). The van der Waals surface area contributed by atoms with Crippen LogP contribution < -0.4 is 0 Å². The Morgan fingerprint density at radius 3 is 2.84 bits per heavy atom. The van der Waals surface area contributed by atoms with Gasteiger partial charge < -0.3 is 5.11 Å². The number of benzene rings is 1. The van der Waals surface area contributed by atoms with Gasteiger partial charge in [0.05, 0.1) is 22.7 Å². The molecule has 0 aliphatic carbocycles. The number of fused-ring (bicyclic) bond motifs is 1. The molecule has 0 unspecified atom stereocenters. The molecule has 0 saturated heterocycles. The van der Waals surface area contributed by atoms with Gasteiger partial charge in [-0.2, -0.15) is 0 Å². The fraction of sp³-hybridized carbons (Fsp3) is 0.125. The average Bonchev–Trinajstić information content (AvgIpc) is 2.90. The van der Waals surface area contributed by atoms with Crippen LogP contribution in [0.15, 0.2) is 52.8 Å². The van der Waals surface area contributed by atoms with Crippen molar-refractivity contribution in [1.82, 2.24) is 9.38 Å². The minimum Gasteiger partial charge on any atom is -0.481 e. The maximum atomic E-state index is 11.0. The highest BCUT2D eigenvalue weighted by Gasteiger charge is 2.15. The molecule has 0 aliphatic rings. The summed E-state index contributed by atoms with van der Waals surface area (Å²) in [7, 11) is 0. The lowest BCUT2D eigenvalue weighted by atomic mass is 10.2. The van der Waals surface area contributed by atoms with Crippen LogP contribution >= 0.6 is 0 Å². The van der Waals surface area contributed by atoms with Crippen LogP contribution in [0.25, 0.3) is 5.65 Å². The van der Waals surface area contributed by atoms with E-state index < -0.39 is 10.9 Å². The van der Waals surface area contributed by atoms with Crippen molar-refractivity contribution in [3.05, 3.63) is 64.0 Å². The maximum absolute atomic E-state index is 11.0. The second kappa shape index (κ2) is 6.48. The molecular formula is C16H13N5O4. The van der Waals surface area contributed by atoms with Gasteiger partial charge in [-0.05, 0) is 24.6 Å². The number of azo groups is 1. The van der Waals surface area contributed by atoms with E-state index in [0.717, 1.165) is 0 Å². The second-order valence-electron chi connectivity index (χ2n) is 5.31. The number of hydrogen-bond acceptors (Lipinski definition) is 6. The first-order chi connectivity index (χ1) is 12.0. The number of hydrogen-bond donors (Lipinski definition) is 1. The minimum absolute atomic E-state index is 0.0940. The largest absolute Gasteiger partial charge is 0.481 e. The van der Waals surface area contributed by atoms with Gasteiger partial charge >= 0.3 is 5.97 Å². The van der Waals surface area contributed by atoms with E-state index in [1.165, 1.54) is 12.1 Å². The number of nitrogens with zero attached hydrogens (tertiary/aromatic N) is 5. The van der Waals surface area contributed by atoms with E-state index in [4.69, 9.17) is 5.11 Å². The Kier molecular flexibility index (Phi) is 4.21. The van der Waals surface area contributed by atoms with Crippen LogP contribution in [0.5, 0.6) is 0 Å². The average molecular weight is 339 g/mol. The predicted octanol–water partition coefficient (Wildman–Crippen LogP) is 3.59. The summed E-state index contributed by atoms with van der Waals surface area (Å²) in [6.07, 6.45) is 1.40. The van der Waals surface area contributed by atoms with Crippen molar-refractivity contribution in [2.45, 2.75) is 13.3 Å². The monoisotopic (exact) mass is 339 g/mol. The molecule has 0 aliphatic heterocycles. The minimum atomic E-state index is -1.04. The zero-order valence-electron chi connectivity index (χ0n) is 13.2. The van der Waals surface area contributed by atoms with Crippen LogP contribution in [-0.4, -0.2) is 25.4 Å². The van der Waals surface area contributed by atoms with Crippen LogP contribution in [0.3, 0.4) is 0 Å². The summed E-state index contributed by atoms with van der Waals surface area (Å²) in [6.45, 7) is 1.75. The predicted molar refractivity (Wildman–Crippen MR) is 88.5 cm³/mol. The van der Waals surface area contributed by atoms with Gasteiger partial charge in [-0.1, -0.05) is 12.1 Å². The lowest BCUT2D eigenvalue weighted by Gasteiger charge is -2.00. The fourth-order valence-corrected chi connectivity index (χ4v) is 2.32. The number of rotatable bonds is 5. The Labute approximate surface area is 141 Å².